The molecule has 0 spiro atoms. The van der Waals surface area contributed by atoms with Crippen molar-refractivity contribution in [3.8, 4) is 0 Å². The number of rotatable bonds is 5. The van der Waals surface area contributed by atoms with Crippen LogP contribution in [0.4, 0.5) is 4.79 Å². The number of fused-ring (bicyclic) bond motifs is 1. The quantitative estimate of drug-likeness (QED) is 0.610. The highest BCUT2D eigenvalue weighted by molar-refractivity contribution is 5.84. The number of benzene rings is 2. The van der Waals surface area contributed by atoms with Gasteiger partial charge in [0.25, 0.3) is 0 Å². The lowest BCUT2D eigenvalue weighted by molar-refractivity contribution is -0.151. The number of epoxide rings is 1. The molecule has 0 bridgehead atoms. The maximum absolute atomic E-state index is 12.5. The van der Waals surface area contributed by atoms with Gasteiger partial charge in [0, 0.05) is 0 Å². The molecule has 2 aromatic rings. The minimum atomic E-state index is -0.744. The third-order valence-corrected chi connectivity index (χ3v) is 4.55. The van der Waals surface area contributed by atoms with E-state index in [1.807, 2.05) is 60.7 Å². The van der Waals surface area contributed by atoms with Crippen LogP contribution in [0.25, 0.3) is 0 Å². The molecule has 2 saturated heterocycles. The Morgan fingerprint density at radius 2 is 1.50 bits per heavy atom. The van der Waals surface area contributed by atoms with E-state index in [0.717, 1.165) is 11.1 Å². The first kappa shape index (κ1) is 16.6. The van der Waals surface area contributed by atoms with Crippen LogP contribution in [-0.4, -0.2) is 41.8 Å². The van der Waals surface area contributed by atoms with Crippen molar-refractivity contribution in [1.82, 2.24) is 4.90 Å². The summed E-state index contributed by atoms with van der Waals surface area (Å²) >= 11 is 0. The number of ether oxygens (including phenoxy) is 3. The SMILES string of the molecule is O=C(OCc1ccccc1)[C@H]1[C@@H]2O[C@@H]2CN1C(=O)OCc1ccccc1. The zero-order chi connectivity index (χ0) is 17.9. The fraction of sp³-hybridized carbons (Fsp3) is 0.300. The summed E-state index contributed by atoms with van der Waals surface area (Å²) in [5.74, 6) is -0.462. The van der Waals surface area contributed by atoms with E-state index in [1.165, 1.54) is 4.90 Å². The molecule has 6 nitrogen and oxygen atoms in total. The van der Waals surface area contributed by atoms with E-state index in [0.29, 0.717) is 6.54 Å². The summed E-state index contributed by atoms with van der Waals surface area (Å²) in [6.07, 6.45) is -0.914. The number of likely N-dealkylation sites (tertiary alicyclic amines) is 1. The number of hydrogen-bond acceptors (Lipinski definition) is 5. The van der Waals surface area contributed by atoms with Gasteiger partial charge in [0.15, 0.2) is 6.04 Å². The fourth-order valence-electron chi connectivity index (χ4n) is 3.13. The van der Waals surface area contributed by atoms with Gasteiger partial charge in [0.2, 0.25) is 0 Å². The lowest BCUT2D eigenvalue weighted by Gasteiger charge is -2.24. The van der Waals surface area contributed by atoms with Gasteiger partial charge in [0.05, 0.1) is 6.54 Å². The first-order valence-electron chi connectivity index (χ1n) is 8.56. The van der Waals surface area contributed by atoms with Crippen LogP contribution in [0.15, 0.2) is 60.7 Å². The number of esters is 1. The Kier molecular flexibility index (Phi) is 4.58. The molecule has 26 heavy (non-hydrogen) atoms. The highest BCUT2D eigenvalue weighted by atomic mass is 16.6. The largest absolute Gasteiger partial charge is 0.459 e. The summed E-state index contributed by atoms with van der Waals surface area (Å²) in [6, 6.07) is 18.1. The van der Waals surface area contributed by atoms with E-state index in [4.69, 9.17) is 14.2 Å². The first-order chi connectivity index (χ1) is 12.7. The van der Waals surface area contributed by atoms with E-state index in [2.05, 4.69) is 0 Å². The second-order valence-electron chi connectivity index (χ2n) is 6.37. The van der Waals surface area contributed by atoms with Crippen LogP contribution in [0.2, 0.25) is 0 Å². The van der Waals surface area contributed by atoms with E-state index < -0.39 is 18.1 Å². The summed E-state index contributed by atoms with van der Waals surface area (Å²) in [4.78, 5) is 26.3. The number of nitrogens with zero attached hydrogens (tertiary/aromatic N) is 1. The van der Waals surface area contributed by atoms with Crippen molar-refractivity contribution >= 4 is 12.1 Å². The fourth-order valence-corrected chi connectivity index (χ4v) is 3.13. The Morgan fingerprint density at radius 3 is 2.12 bits per heavy atom. The van der Waals surface area contributed by atoms with E-state index in [-0.39, 0.29) is 25.4 Å². The Balaban J connectivity index is 1.35. The van der Waals surface area contributed by atoms with Gasteiger partial charge in [-0.05, 0) is 11.1 Å². The average Bonchev–Trinajstić information content (AvgIpc) is 3.35. The molecule has 0 N–H and O–H groups in total. The molecule has 134 valence electrons. The summed E-state index contributed by atoms with van der Waals surface area (Å²) in [7, 11) is 0. The molecule has 3 atom stereocenters. The van der Waals surface area contributed by atoms with E-state index in [9.17, 15) is 9.59 Å². The van der Waals surface area contributed by atoms with Crippen LogP contribution in [0.5, 0.6) is 0 Å². The Bertz CT molecular complexity index is 779. The Labute approximate surface area is 151 Å². The molecule has 0 unspecified atom stereocenters. The molecule has 2 aliphatic heterocycles. The van der Waals surface area contributed by atoms with Crippen molar-refractivity contribution in [2.75, 3.05) is 6.54 Å². The minimum absolute atomic E-state index is 0.103. The maximum Gasteiger partial charge on any atom is 0.411 e. The molecular weight excluding hydrogens is 334 g/mol. The summed E-state index contributed by atoms with van der Waals surface area (Å²) in [6.45, 7) is 0.683. The second kappa shape index (κ2) is 7.17. The number of amides is 1. The maximum atomic E-state index is 12.5. The van der Waals surface area contributed by atoms with Gasteiger partial charge in [-0.1, -0.05) is 60.7 Å². The minimum Gasteiger partial charge on any atom is -0.459 e. The third-order valence-electron chi connectivity index (χ3n) is 4.55. The lowest BCUT2D eigenvalue weighted by Crippen LogP contribution is -2.45. The smallest absolute Gasteiger partial charge is 0.411 e. The van der Waals surface area contributed by atoms with Crippen LogP contribution in [-0.2, 0) is 32.2 Å². The van der Waals surface area contributed by atoms with E-state index >= 15 is 0 Å². The van der Waals surface area contributed by atoms with Gasteiger partial charge in [-0.3, -0.25) is 4.90 Å². The molecule has 2 aromatic carbocycles. The molecule has 4 rings (SSSR count). The van der Waals surface area contributed by atoms with Crippen LogP contribution in [0.3, 0.4) is 0 Å². The van der Waals surface area contributed by atoms with Gasteiger partial charge >= 0.3 is 12.1 Å². The number of carbonyl (C=O) groups is 2. The normalized spacial score (nSPS) is 23.2. The zero-order valence-electron chi connectivity index (χ0n) is 14.1. The van der Waals surface area contributed by atoms with Gasteiger partial charge in [0.1, 0.15) is 25.4 Å². The number of morpholine rings is 1. The molecule has 6 heteroatoms. The van der Waals surface area contributed by atoms with Crippen molar-refractivity contribution in [3.63, 3.8) is 0 Å². The molecule has 0 aromatic heterocycles. The lowest BCUT2D eigenvalue weighted by atomic mass is 10.2. The molecule has 2 heterocycles. The van der Waals surface area contributed by atoms with Crippen molar-refractivity contribution < 1.29 is 23.8 Å². The van der Waals surface area contributed by atoms with Crippen molar-refractivity contribution in [2.24, 2.45) is 0 Å². The number of hydrogen-bond donors (Lipinski definition) is 0. The van der Waals surface area contributed by atoms with Crippen LogP contribution in [0.1, 0.15) is 11.1 Å². The zero-order valence-corrected chi connectivity index (χ0v) is 14.1. The van der Waals surface area contributed by atoms with Crippen LogP contribution >= 0.6 is 0 Å². The summed E-state index contributed by atoms with van der Waals surface area (Å²) in [5.41, 5.74) is 1.79. The van der Waals surface area contributed by atoms with Gasteiger partial charge in [-0.25, -0.2) is 9.59 Å². The molecule has 0 radical (unpaired) electrons. The first-order valence-corrected chi connectivity index (χ1v) is 8.56. The Morgan fingerprint density at radius 1 is 0.923 bits per heavy atom. The highest BCUT2D eigenvalue weighted by Crippen LogP contribution is 2.37. The average molecular weight is 353 g/mol. The predicted octanol–water partition coefficient (Wildman–Crippen LogP) is 2.52. The van der Waals surface area contributed by atoms with Crippen molar-refractivity contribution in [1.29, 1.82) is 0 Å². The summed E-state index contributed by atoms with van der Waals surface area (Å²) < 4.78 is 16.2. The van der Waals surface area contributed by atoms with Crippen molar-refractivity contribution in [3.05, 3.63) is 71.8 Å². The van der Waals surface area contributed by atoms with Gasteiger partial charge < -0.3 is 14.2 Å². The monoisotopic (exact) mass is 353 g/mol. The van der Waals surface area contributed by atoms with Crippen molar-refractivity contribution in [2.45, 2.75) is 31.5 Å². The predicted molar refractivity (Wildman–Crippen MR) is 92.0 cm³/mol. The van der Waals surface area contributed by atoms with Gasteiger partial charge in [-0.15, -0.1) is 0 Å². The van der Waals surface area contributed by atoms with E-state index in [1.54, 1.807) is 0 Å². The molecule has 2 fully saturated rings. The molecule has 0 saturated carbocycles. The standard InChI is InChI=1S/C20H19NO5/c22-19(24-12-14-7-3-1-4-8-14)17-18-16(26-18)11-21(17)20(23)25-13-15-9-5-2-6-10-15/h1-10,16-18H,11-13H2/t16-,17-,18-/m1/s1. The molecule has 0 aliphatic carbocycles. The number of carbonyl (C=O) groups excluding carboxylic acids is 2. The molecule has 1 amide bonds. The van der Waals surface area contributed by atoms with Crippen LogP contribution < -0.4 is 0 Å². The Hall–Kier alpha value is -2.86. The molecule has 2 aliphatic rings. The topological polar surface area (TPSA) is 68.4 Å². The van der Waals surface area contributed by atoms with Crippen LogP contribution in [0, 0.1) is 0 Å². The molecular formula is C20H19NO5. The third kappa shape index (κ3) is 3.55. The van der Waals surface area contributed by atoms with Gasteiger partial charge in [-0.2, -0.15) is 0 Å². The highest BCUT2D eigenvalue weighted by Gasteiger charge is 2.60. The second-order valence-corrected chi connectivity index (χ2v) is 6.37. The summed E-state index contributed by atoms with van der Waals surface area (Å²) in [5, 5.41) is 0.